The van der Waals surface area contributed by atoms with Crippen LogP contribution in [-0.4, -0.2) is 58.3 Å². The molecule has 0 aromatic heterocycles. The van der Waals surface area contributed by atoms with Crippen molar-refractivity contribution < 1.29 is 24.6 Å². The summed E-state index contributed by atoms with van der Waals surface area (Å²) in [5, 5.41) is 19.7. The van der Waals surface area contributed by atoms with E-state index in [4.69, 9.17) is 15.9 Å². The molecule has 5 N–H and O–H groups in total. The maximum atomic E-state index is 11.8. The van der Waals surface area contributed by atoms with Gasteiger partial charge in [-0.05, 0) is 19.3 Å². The van der Waals surface area contributed by atoms with E-state index in [1.807, 2.05) is 0 Å². The SMILES string of the molecule is NC(=O)C1CCCCN1C(=O)N[C@@H](CO)C(=O)O. The van der Waals surface area contributed by atoms with Gasteiger partial charge in [-0.3, -0.25) is 4.79 Å². The van der Waals surface area contributed by atoms with Crippen LogP contribution < -0.4 is 11.1 Å². The first kappa shape index (κ1) is 14.2. The first-order chi connectivity index (χ1) is 8.47. The van der Waals surface area contributed by atoms with Gasteiger partial charge in [0.25, 0.3) is 0 Å². The van der Waals surface area contributed by atoms with Crippen LogP contribution in [0.15, 0.2) is 0 Å². The Morgan fingerprint density at radius 2 is 2.06 bits per heavy atom. The van der Waals surface area contributed by atoms with Crippen LogP contribution in [0.1, 0.15) is 19.3 Å². The van der Waals surface area contributed by atoms with Crippen molar-refractivity contribution in [1.29, 1.82) is 0 Å². The van der Waals surface area contributed by atoms with Crippen molar-refractivity contribution in [2.45, 2.75) is 31.3 Å². The van der Waals surface area contributed by atoms with Crippen LogP contribution >= 0.6 is 0 Å². The molecule has 1 rings (SSSR count). The molecule has 1 heterocycles. The number of urea groups is 1. The summed E-state index contributed by atoms with van der Waals surface area (Å²) in [6, 6.07) is -2.79. The van der Waals surface area contributed by atoms with Crippen molar-refractivity contribution in [3.8, 4) is 0 Å². The van der Waals surface area contributed by atoms with Gasteiger partial charge in [0, 0.05) is 6.54 Å². The summed E-state index contributed by atoms with van der Waals surface area (Å²) in [5.74, 6) is -1.95. The number of nitrogens with two attached hydrogens (primary N) is 1. The number of nitrogens with zero attached hydrogens (tertiary/aromatic N) is 1. The number of aliphatic hydroxyl groups excluding tert-OH is 1. The van der Waals surface area contributed by atoms with Gasteiger partial charge in [-0.2, -0.15) is 0 Å². The average molecular weight is 259 g/mol. The minimum atomic E-state index is -1.38. The molecule has 0 bridgehead atoms. The van der Waals surface area contributed by atoms with Crippen molar-refractivity contribution in [2.75, 3.05) is 13.2 Å². The number of rotatable bonds is 4. The third-order valence-electron chi connectivity index (χ3n) is 2.87. The van der Waals surface area contributed by atoms with E-state index in [1.165, 1.54) is 4.90 Å². The topological polar surface area (TPSA) is 133 Å². The number of likely N-dealkylation sites (tertiary alicyclic amines) is 1. The quantitative estimate of drug-likeness (QED) is 0.486. The largest absolute Gasteiger partial charge is 0.480 e. The lowest BCUT2D eigenvalue weighted by Gasteiger charge is -2.34. The predicted molar refractivity (Wildman–Crippen MR) is 60.6 cm³/mol. The molecule has 0 aromatic carbocycles. The molecular formula is C10H17N3O5. The molecule has 3 amide bonds. The van der Waals surface area contributed by atoms with Gasteiger partial charge in [0.15, 0.2) is 6.04 Å². The van der Waals surface area contributed by atoms with Crippen LogP contribution in [0, 0.1) is 0 Å². The summed E-state index contributed by atoms with van der Waals surface area (Å²) in [4.78, 5) is 34.9. The van der Waals surface area contributed by atoms with Gasteiger partial charge >= 0.3 is 12.0 Å². The van der Waals surface area contributed by atoms with Crippen molar-refractivity contribution in [1.82, 2.24) is 10.2 Å². The molecule has 1 aliphatic rings. The fourth-order valence-electron chi connectivity index (χ4n) is 1.89. The fraction of sp³-hybridized carbons (Fsp3) is 0.700. The van der Waals surface area contributed by atoms with Gasteiger partial charge in [-0.15, -0.1) is 0 Å². The minimum Gasteiger partial charge on any atom is -0.480 e. The van der Waals surface area contributed by atoms with Crippen molar-refractivity contribution in [2.24, 2.45) is 5.73 Å². The Morgan fingerprint density at radius 1 is 1.39 bits per heavy atom. The zero-order valence-electron chi connectivity index (χ0n) is 9.83. The molecule has 1 aliphatic heterocycles. The second-order valence-electron chi connectivity index (χ2n) is 4.13. The van der Waals surface area contributed by atoms with Gasteiger partial charge in [-0.25, -0.2) is 9.59 Å². The summed E-state index contributed by atoms with van der Waals surface area (Å²) >= 11 is 0. The second-order valence-corrected chi connectivity index (χ2v) is 4.13. The van der Waals surface area contributed by atoms with Crippen LogP contribution in [-0.2, 0) is 9.59 Å². The molecule has 102 valence electrons. The summed E-state index contributed by atoms with van der Waals surface area (Å²) < 4.78 is 0. The average Bonchev–Trinajstić information content (AvgIpc) is 2.35. The maximum Gasteiger partial charge on any atom is 0.328 e. The molecule has 8 nitrogen and oxygen atoms in total. The minimum absolute atomic E-state index is 0.344. The summed E-state index contributed by atoms with van der Waals surface area (Å²) in [6.07, 6.45) is 1.99. The normalized spacial score (nSPS) is 21.2. The third kappa shape index (κ3) is 3.33. The van der Waals surface area contributed by atoms with Crippen LogP contribution in [0.25, 0.3) is 0 Å². The first-order valence-electron chi connectivity index (χ1n) is 5.67. The van der Waals surface area contributed by atoms with Gasteiger partial charge in [0.05, 0.1) is 6.61 Å². The molecule has 0 saturated carbocycles. The number of carboxylic acids is 1. The molecule has 1 fully saturated rings. The maximum absolute atomic E-state index is 11.8. The highest BCUT2D eigenvalue weighted by atomic mass is 16.4. The number of hydrogen-bond acceptors (Lipinski definition) is 4. The number of primary amides is 1. The number of piperidine rings is 1. The van der Waals surface area contributed by atoms with Gasteiger partial charge in [-0.1, -0.05) is 0 Å². The number of hydrogen-bond donors (Lipinski definition) is 4. The fourth-order valence-corrected chi connectivity index (χ4v) is 1.89. The zero-order chi connectivity index (χ0) is 13.7. The highest BCUT2D eigenvalue weighted by molar-refractivity contribution is 5.88. The monoisotopic (exact) mass is 259 g/mol. The van der Waals surface area contributed by atoms with E-state index in [1.54, 1.807) is 0 Å². The Hall–Kier alpha value is -1.83. The Labute approximate surface area is 104 Å². The first-order valence-corrected chi connectivity index (χ1v) is 5.67. The molecule has 18 heavy (non-hydrogen) atoms. The summed E-state index contributed by atoms with van der Waals surface area (Å²) in [5.41, 5.74) is 5.19. The smallest absolute Gasteiger partial charge is 0.328 e. The number of aliphatic carboxylic acids is 1. The van der Waals surface area contributed by atoms with Gasteiger partial charge < -0.3 is 26.2 Å². The third-order valence-corrected chi connectivity index (χ3v) is 2.87. The van der Waals surface area contributed by atoms with E-state index in [0.717, 1.165) is 12.8 Å². The Bertz CT molecular complexity index is 346. The Balaban J connectivity index is 2.68. The molecule has 0 aliphatic carbocycles. The number of aliphatic hydroxyl groups is 1. The lowest BCUT2D eigenvalue weighted by atomic mass is 10.0. The number of carbonyl (C=O) groups is 3. The van der Waals surface area contributed by atoms with E-state index in [9.17, 15) is 14.4 Å². The number of carboxylic acid groups (broad SMARTS) is 1. The van der Waals surface area contributed by atoms with Gasteiger partial charge in [0.1, 0.15) is 6.04 Å². The van der Waals surface area contributed by atoms with Crippen molar-refractivity contribution >= 4 is 17.9 Å². The molecule has 1 saturated heterocycles. The van der Waals surface area contributed by atoms with Crippen molar-refractivity contribution in [3.63, 3.8) is 0 Å². The standard InChI is InChI=1S/C10H17N3O5/c11-8(15)7-3-1-2-4-13(7)10(18)12-6(5-14)9(16)17/h6-7,14H,1-5H2,(H2,11,15)(H,12,18)(H,16,17)/t6-,7?/m0/s1. The lowest BCUT2D eigenvalue weighted by molar-refractivity contribution is -0.140. The van der Waals surface area contributed by atoms with Crippen LogP contribution in [0.2, 0.25) is 0 Å². The molecule has 0 spiro atoms. The van der Waals surface area contributed by atoms with Crippen LogP contribution in [0.3, 0.4) is 0 Å². The summed E-state index contributed by atoms with van der Waals surface area (Å²) in [6.45, 7) is -0.368. The lowest BCUT2D eigenvalue weighted by Crippen LogP contribution is -2.57. The predicted octanol–water partition coefficient (Wildman–Crippen LogP) is -1.52. The van der Waals surface area contributed by atoms with E-state index in [2.05, 4.69) is 5.32 Å². The molecule has 2 atom stereocenters. The molecule has 1 unspecified atom stereocenters. The second kappa shape index (κ2) is 6.20. The molecule has 0 aromatic rings. The van der Waals surface area contributed by atoms with Crippen LogP contribution in [0.5, 0.6) is 0 Å². The molecular weight excluding hydrogens is 242 g/mol. The van der Waals surface area contributed by atoms with E-state index in [0.29, 0.717) is 13.0 Å². The molecule has 0 radical (unpaired) electrons. The highest BCUT2D eigenvalue weighted by Gasteiger charge is 2.32. The number of amides is 3. The van der Waals surface area contributed by atoms with Crippen LogP contribution in [0.4, 0.5) is 4.79 Å². The number of nitrogens with one attached hydrogen (secondary N) is 1. The van der Waals surface area contributed by atoms with E-state index < -0.39 is 36.6 Å². The van der Waals surface area contributed by atoms with Crippen molar-refractivity contribution in [3.05, 3.63) is 0 Å². The zero-order valence-corrected chi connectivity index (χ0v) is 9.83. The summed E-state index contributed by atoms with van der Waals surface area (Å²) in [7, 11) is 0. The van der Waals surface area contributed by atoms with E-state index >= 15 is 0 Å². The Kier molecular flexibility index (Phi) is 4.90. The van der Waals surface area contributed by atoms with E-state index in [-0.39, 0.29) is 0 Å². The number of carbonyl (C=O) groups excluding carboxylic acids is 2. The highest BCUT2D eigenvalue weighted by Crippen LogP contribution is 2.16. The Morgan fingerprint density at radius 3 is 2.56 bits per heavy atom. The molecule has 8 heteroatoms. The van der Waals surface area contributed by atoms with Gasteiger partial charge in [0.2, 0.25) is 5.91 Å².